The monoisotopic (exact) mass is 420 g/mol. The number of nitrogens with one attached hydrogen (secondary N) is 1. The van der Waals surface area contributed by atoms with Gasteiger partial charge in [0.15, 0.2) is 5.11 Å². The zero-order valence-electron chi connectivity index (χ0n) is 16.3. The number of benzene rings is 2. The number of amides is 1. The van der Waals surface area contributed by atoms with Crippen LogP contribution in [-0.4, -0.2) is 17.6 Å². The maximum Gasteiger partial charge on any atom is 0.281 e. The summed E-state index contributed by atoms with van der Waals surface area (Å²) in [6.45, 7) is 2.67. The largest absolute Gasteiger partial charge is 0.492 e. The number of anilines is 1. The molecular formula is C23H20N2O4S. The minimum Gasteiger partial charge on any atom is -0.492 e. The average Bonchev–Trinajstić information content (AvgIpc) is 3.32. The molecule has 3 aromatic rings. The molecule has 1 aromatic heterocycles. The molecule has 4 rings (SSSR count). The van der Waals surface area contributed by atoms with E-state index in [-0.39, 0.29) is 11.0 Å². The van der Waals surface area contributed by atoms with Gasteiger partial charge in [-0.1, -0.05) is 30.3 Å². The fourth-order valence-corrected chi connectivity index (χ4v) is 3.33. The molecule has 1 amide bonds. The lowest BCUT2D eigenvalue weighted by atomic mass is 10.2. The first-order valence-electron chi connectivity index (χ1n) is 9.51. The van der Waals surface area contributed by atoms with Gasteiger partial charge in [-0.2, -0.15) is 0 Å². The standard InChI is InChI=1S/C23H20N2O4S/c1-2-27-21-11-7-6-10-20(21)25-22(26)19(24-23(25)30)14-17-12-13-18(29-17)15-28-16-8-4-3-5-9-16/h3-14H,2,15H2,1H3,(H,24,30)/b19-14+. The van der Waals surface area contributed by atoms with Gasteiger partial charge in [0.2, 0.25) is 0 Å². The van der Waals surface area contributed by atoms with Crippen LogP contribution < -0.4 is 19.7 Å². The van der Waals surface area contributed by atoms with Crippen molar-refractivity contribution >= 4 is 35.0 Å². The van der Waals surface area contributed by atoms with Gasteiger partial charge in [-0.05, 0) is 55.5 Å². The highest BCUT2D eigenvalue weighted by Gasteiger charge is 2.33. The third-order valence-corrected chi connectivity index (χ3v) is 4.66. The molecule has 30 heavy (non-hydrogen) atoms. The molecule has 0 bridgehead atoms. The van der Waals surface area contributed by atoms with Gasteiger partial charge in [0, 0.05) is 6.08 Å². The van der Waals surface area contributed by atoms with Gasteiger partial charge in [0.05, 0.1) is 12.3 Å². The van der Waals surface area contributed by atoms with Crippen LogP contribution in [0.4, 0.5) is 5.69 Å². The molecule has 0 aliphatic carbocycles. The van der Waals surface area contributed by atoms with E-state index in [9.17, 15) is 4.79 Å². The fourth-order valence-electron chi connectivity index (χ4n) is 3.04. The lowest BCUT2D eigenvalue weighted by molar-refractivity contribution is -0.113. The van der Waals surface area contributed by atoms with Gasteiger partial charge >= 0.3 is 0 Å². The van der Waals surface area contributed by atoms with Gasteiger partial charge in [0.1, 0.15) is 35.3 Å². The molecule has 1 saturated heterocycles. The Kier molecular flexibility index (Phi) is 5.81. The number of para-hydroxylation sites is 3. The molecule has 0 radical (unpaired) electrons. The topological polar surface area (TPSA) is 63.9 Å². The predicted molar refractivity (Wildman–Crippen MR) is 118 cm³/mol. The zero-order chi connectivity index (χ0) is 20.9. The lowest BCUT2D eigenvalue weighted by Gasteiger charge is -2.17. The van der Waals surface area contributed by atoms with Crippen molar-refractivity contribution in [1.82, 2.24) is 5.32 Å². The molecule has 2 heterocycles. The SMILES string of the molecule is CCOc1ccccc1N1C(=O)/C(=C\c2ccc(COc3ccccc3)o2)NC1=S. The Hall–Kier alpha value is -3.58. The second-order valence-corrected chi connectivity index (χ2v) is 6.82. The minimum atomic E-state index is -0.273. The third kappa shape index (κ3) is 4.21. The van der Waals surface area contributed by atoms with E-state index < -0.39 is 0 Å². The number of hydrogen-bond donors (Lipinski definition) is 1. The second kappa shape index (κ2) is 8.84. The quantitative estimate of drug-likeness (QED) is 0.448. The van der Waals surface area contributed by atoms with Gasteiger partial charge in [-0.25, -0.2) is 4.90 Å². The molecule has 2 aromatic carbocycles. The average molecular weight is 420 g/mol. The number of ether oxygens (including phenoxy) is 2. The normalized spacial score (nSPS) is 14.8. The van der Waals surface area contributed by atoms with Crippen LogP contribution in [0.25, 0.3) is 6.08 Å². The summed E-state index contributed by atoms with van der Waals surface area (Å²) in [4.78, 5) is 14.4. The molecule has 152 valence electrons. The number of carbonyl (C=O) groups excluding carboxylic acids is 1. The number of hydrogen-bond acceptors (Lipinski definition) is 5. The Balaban J connectivity index is 1.50. The van der Waals surface area contributed by atoms with Crippen LogP contribution in [0.1, 0.15) is 18.4 Å². The lowest BCUT2D eigenvalue weighted by Crippen LogP contribution is -2.30. The van der Waals surface area contributed by atoms with E-state index in [1.807, 2.05) is 61.5 Å². The summed E-state index contributed by atoms with van der Waals surface area (Å²) in [5.41, 5.74) is 0.929. The van der Waals surface area contributed by atoms with Crippen molar-refractivity contribution in [2.75, 3.05) is 11.5 Å². The smallest absolute Gasteiger partial charge is 0.281 e. The van der Waals surface area contributed by atoms with Crippen molar-refractivity contribution in [3.63, 3.8) is 0 Å². The van der Waals surface area contributed by atoms with Gasteiger partial charge in [0.25, 0.3) is 5.91 Å². The van der Waals surface area contributed by atoms with Crippen LogP contribution in [0.5, 0.6) is 11.5 Å². The van der Waals surface area contributed by atoms with E-state index in [0.29, 0.717) is 41.9 Å². The Morgan fingerprint density at radius 3 is 2.60 bits per heavy atom. The van der Waals surface area contributed by atoms with Crippen molar-refractivity contribution in [2.24, 2.45) is 0 Å². The maximum absolute atomic E-state index is 13.0. The Morgan fingerprint density at radius 2 is 1.80 bits per heavy atom. The molecule has 0 unspecified atom stereocenters. The molecule has 1 aliphatic rings. The number of rotatable bonds is 7. The highest BCUT2D eigenvalue weighted by atomic mass is 32.1. The van der Waals surface area contributed by atoms with Gasteiger partial charge < -0.3 is 19.2 Å². The van der Waals surface area contributed by atoms with Crippen LogP contribution in [0.2, 0.25) is 0 Å². The number of carbonyl (C=O) groups is 1. The van der Waals surface area contributed by atoms with Gasteiger partial charge in [-0.15, -0.1) is 0 Å². The molecule has 0 saturated carbocycles. The summed E-state index contributed by atoms with van der Waals surface area (Å²) < 4.78 is 17.1. The molecular weight excluding hydrogens is 400 g/mol. The van der Waals surface area contributed by atoms with Crippen LogP contribution in [0, 0.1) is 0 Å². The van der Waals surface area contributed by atoms with E-state index >= 15 is 0 Å². The van der Waals surface area contributed by atoms with Gasteiger partial charge in [-0.3, -0.25) is 4.79 Å². The molecule has 1 N–H and O–H groups in total. The summed E-state index contributed by atoms with van der Waals surface area (Å²) in [6, 6.07) is 20.4. The molecule has 7 heteroatoms. The highest BCUT2D eigenvalue weighted by molar-refractivity contribution is 7.80. The molecule has 0 spiro atoms. The number of nitrogens with zero attached hydrogens (tertiary/aromatic N) is 1. The van der Waals surface area contributed by atoms with E-state index in [2.05, 4.69) is 5.32 Å². The summed E-state index contributed by atoms with van der Waals surface area (Å²) in [6.07, 6.45) is 1.63. The Labute approximate surface area is 179 Å². The van der Waals surface area contributed by atoms with E-state index in [1.54, 1.807) is 18.2 Å². The van der Waals surface area contributed by atoms with E-state index in [0.717, 1.165) is 5.75 Å². The molecule has 0 atom stereocenters. The van der Waals surface area contributed by atoms with E-state index in [1.165, 1.54) is 4.90 Å². The first-order valence-corrected chi connectivity index (χ1v) is 9.92. The predicted octanol–water partition coefficient (Wildman–Crippen LogP) is 4.52. The highest BCUT2D eigenvalue weighted by Crippen LogP contribution is 2.31. The van der Waals surface area contributed by atoms with Crippen LogP contribution in [0.15, 0.2) is 76.8 Å². The summed E-state index contributed by atoms with van der Waals surface area (Å²) in [5.74, 6) is 2.26. The molecule has 1 aliphatic heterocycles. The van der Waals surface area contributed by atoms with Crippen molar-refractivity contribution in [2.45, 2.75) is 13.5 Å². The molecule has 6 nitrogen and oxygen atoms in total. The third-order valence-electron chi connectivity index (χ3n) is 4.38. The van der Waals surface area contributed by atoms with Crippen molar-refractivity contribution in [3.05, 3.63) is 83.9 Å². The zero-order valence-corrected chi connectivity index (χ0v) is 17.1. The summed E-state index contributed by atoms with van der Waals surface area (Å²) in [5, 5.41) is 3.25. The van der Waals surface area contributed by atoms with Crippen molar-refractivity contribution in [1.29, 1.82) is 0 Å². The number of thiocarbonyl (C=S) groups is 1. The first kappa shape index (κ1) is 19.7. The number of furan rings is 1. The van der Waals surface area contributed by atoms with Crippen molar-refractivity contribution < 1.29 is 18.7 Å². The fraction of sp³-hybridized carbons (Fsp3) is 0.130. The van der Waals surface area contributed by atoms with Crippen LogP contribution in [0.3, 0.4) is 0 Å². The minimum absolute atomic E-state index is 0.273. The van der Waals surface area contributed by atoms with Crippen LogP contribution >= 0.6 is 12.2 Å². The summed E-state index contributed by atoms with van der Waals surface area (Å²) in [7, 11) is 0. The van der Waals surface area contributed by atoms with Crippen molar-refractivity contribution in [3.8, 4) is 11.5 Å². The second-order valence-electron chi connectivity index (χ2n) is 6.44. The first-order chi connectivity index (χ1) is 14.7. The van der Waals surface area contributed by atoms with Crippen LogP contribution in [-0.2, 0) is 11.4 Å². The van der Waals surface area contributed by atoms with E-state index in [4.69, 9.17) is 26.1 Å². The Bertz CT molecular complexity index is 1090. The summed E-state index contributed by atoms with van der Waals surface area (Å²) >= 11 is 5.38. The molecule has 1 fully saturated rings. The maximum atomic E-state index is 13.0. The Morgan fingerprint density at radius 1 is 1.03 bits per heavy atom.